The molecule has 1 heterocycles. The molecule has 0 bridgehead atoms. The van der Waals surface area contributed by atoms with Gasteiger partial charge in [0.05, 0.1) is 19.5 Å². The van der Waals surface area contributed by atoms with E-state index in [1.54, 1.807) is 0 Å². The summed E-state index contributed by atoms with van der Waals surface area (Å²) in [6, 6.07) is -0.818. The quantitative estimate of drug-likeness (QED) is 0.441. The molecule has 1 amide bonds. The Kier molecular flexibility index (Phi) is 2.89. The van der Waals surface area contributed by atoms with E-state index >= 15 is 0 Å². The molecule has 0 aromatic rings. The van der Waals surface area contributed by atoms with Crippen LogP contribution in [0.1, 0.15) is 0 Å². The Hall–Kier alpha value is -1.27. The monoisotopic (exact) mass is 170 g/mol. The van der Waals surface area contributed by atoms with Crippen LogP contribution in [0.5, 0.6) is 0 Å². The summed E-state index contributed by atoms with van der Waals surface area (Å²) in [7, 11) is 0. The van der Waals surface area contributed by atoms with Crippen molar-refractivity contribution in [3.63, 3.8) is 0 Å². The van der Waals surface area contributed by atoms with E-state index in [2.05, 4.69) is 15.3 Å². The zero-order valence-corrected chi connectivity index (χ0v) is 6.40. The highest BCUT2D eigenvalue weighted by molar-refractivity contribution is 6.15. The van der Waals surface area contributed by atoms with Crippen LogP contribution in [0.25, 0.3) is 0 Å². The standard InChI is InChI=1S/C6H10N4O2/c7-4-5(8-1-2-11)9-3-10-6(4)12/h3-4,11H,1-2,7H2,(H,8,9,10,12). The largest absolute Gasteiger partial charge is 0.394 e. The lowest BCUT2D eigenvalue weighted by Crippen LogP contribution is -2.48. The van der Waals surface area contributed by atoms with Crippen molar-refractivity contribution in [2.45, 2.75) is 6.04 Å². The summed E-state index contributed by atoms with van der Waals surface area (Å²) in [6.07, 6.45) is 1.24. The summed E-state index contributed by atoms with van der Waals surface area (Å²) in [5, 5.41) is 10.8. The van der Waals surface area contributed by atoms with E-state index in [1.807, 2.05) is 0 Å². The summed E-state index contributed by atoms with van der Waals surface area (Å²) in [6.45, 7) is 0.140. The molecule has 4 N–H and O–H groups in total. The summed E-state index contributed by atoms with van der Waals surface area (Å²) in [5.41, 5.74) is 5.43. The number of hydrogen-bond donors (Lipinski definition) is 3. The van der Waals surface area contributed by atoms with Crippen LogP contribution in [-0.2, 0) is 4.79 Å². The molecule has 0 saturated heterocycles. The molecule has 1 atom stereocenters. The van der Waals surface area contributed by atoms with Crippen LogP contribution >= 0.6 is 0 Å². The third-order valence-corrected chi connectivity index (χ3v) is 1.34. The zero-order valence-electron chi connectivity index (χ0n) is 6.40. The van der Waals surface area contributed by atoms with Crippen LogP contribution < -0.4 is 11.1 Å². The molecule has 0 fully saturated rings. The minimum Gasteiger partial charge on any atom is -0.394 e. The SMILES string of the molecule is NC1C(=O)NC=NC1=NCCO. The molecule has 0 aromatic carbocycles. The number of aliphatic hydroxyl groups excluding tert-OH is 1. The lowest BCUT2D eigenvalue weighted by atomic mass is 10.2. The number of hydrogen-bond acceptors (Lipinski definition) is 4. The molecule has 0 saturated carbocycles. The molecule has 1 rings (SSSR count). The third kappa shape index (κ3) is 1.86. The van der Waals surface area contributed by atoms with Gasteiger partial charge < -0.3 is 16.2 Å². The number of nitrogens with two attached hydrogens (primary N) is 1. The molecule has 1 aliphatic heterocycles. The van der Waals surface area contributed by atoms with Crippen molar-refractivity contribution in [2.24, 2.45) is 15.7 Å². The fraction of sp³-hybridized carbons (Fsp3) is 0.500. The minimum atomic E-state index is -0.818. The van der Waals surface area contributed by atoms with Gasteiger partial charge in [-0.1, -0.05) is 0 Å². The first-order valence-corrected chi connectivity index (χ1v) is 3.49. The fourth-order valence-electron chi connectivity index (χ4n) is 0.753. The average molecular weight is 170 g/mol. The summed E-state index contributed by atoms with van der Waals surface area (Å²) in [5.74, 6) is -0.0745. The maximum absolute atomic E-state index is 10.9. The van der Waals surface area contributed by atoms with Crippen LogP contribution in [-0.4, -0.2) is 42.4 Å². The first-order valence-electron chi connectivity index (χ1n) is 3.49. The molecule has 66 valence electrons. The number of aliphatic hydroxyl groups is 1. The molecule has 6 heteroatoms. The second-order valence-electron chi connectivity index (χ2n) is 2.21. The average Bonchev–Trinajstić information content (AvgIpc) is 2.08. The van der Waals surface area contributed by atoms with Gasteiger partial charge in [-0.25, -0.2) is 4.99 Å². The first kappa shape index (κ1) is 8.82. The Bertz CT molecular complexity index is 236. The maximum Gasteiger partial charge on any atom is 0.249 e. The summed E-state index contributed by atoms with van der Waals surface area (Å²) in [4.78, 5) is 18.5. The van der Waals surface area contributed by atoms with Gasteiger partial charge in [-0.15, -0.1) is 0 Å². The Morgan fingerprint density at radius 3 is 3.25 bits per heavy atom. The Morgan fingerprint density at radius 2 is 2.58 bits per heavy atom. The topological polar surface area (TPSA) is 100 Å². The highest BCUT2D eigenvalue weighted by Crippen LogP contribution is 1.92. The smallest absolute Gasteiger partial charge is 0.249 e. The molecule has 0 aromatic heterocycles. The normalized spacial score (nSPS) is 26.0. The van der Waals surface area contributed by atoms with Gasteiger partial charge >= 0.3 is 0 Å². The van der Waals surface area contributed by atoms with Crippen LogP contribution in [0.3, 0.4) is 0 Å². The van der Waals surface area contributed by atoms with E-state index in [9.17, 15) is 4.79 Å². The number of nitrogens with zero attached hydrogens (tertiary/aromatic N) is 2. The molecule has 1 aliphatic rings. The first-order chi connectivity index (χ1) is 5.75. The van der Waals surface area contributed by atoms with E-state index in [0.29, 0.717) is 0 Å². The van der Waals surface area contributed by atoms with Gasteiger partial charge in [0.1, 0.15) is 6.04 Å². The highest BCUT2D eigenvalue weighted by Gasteiger charge is 2.21. The van der Waals surface area contributed by atoms with Gasteiger partial charge in [-0.2, -0.15) is 0 Å². The van der Waals surface area contributed by atoms with Crippen molar-refractivity contribution in [1.82, 2.24) is 5.32 Å². The van der Waals surface area contributed by atoms with Crippen molar-refractivity contribution in [3.8, 4) is 0 Å². The number of aliphatic imine (C=N–C) groups is 2. The van der Waals surface area contributed by atoms with E-state index in [4.69, 9.17) is 10.8 Å². The van der Waals surface area contributed by atoms with E-state index < -0.39 is 6.04 Å². The summed E-state index contributed by atoms with van der Waals surface area (Å²) >= 11 is 0. The van der Waals surface area contributed by atoms with Crippen molar-refractivity contribution >= 4 is 18.1 Å². The maximum atomic E-state index is 10.9. The number of carbonyl (C=O) groups excluding carboxylic acids is 1. The van der Waals surface area contributed by atoms with Crippen molar-refractivity contribution in [2.75, 3.05) is 13.2 Å². The highest BCUT2D eigenvalue weighted by atomic mass is 16.3. The molecule has 12 heavy (non-hydrogen) atoms. The predicted octanol–water partition coefficient (Wildman–Crippen LogP) is -2.14. The third-order valence-electron chi connectivity index (χ3n) is 1.34. The Morgan fingerprint density at radius 1 is 1.83 bits per heavy atom. The van der Waals surface area contributed by atoms with Crippen molar-refractivity contribution in [3.05, 3.63) is 0 Å². The van der Waals surface area contributed by atoms with E-state index in [-0.39, 0.29) is 24.9 Å². The molecule has 0 radical (unpaired) electrons. The fourth-order valence-corrected chi connectivity index (χ4v) is 0.753. The van der Waals surface area contributed by atoms with Crippen LogP contribution in [0, 0.1) is 0 Å². The van der Waals surface area contributed by atoms with E-state index in [1.165, 1.54) is 6.34 Å². The molecular weight excluding hydrogens is 160 g/mol. The zero-order chi connectivity index (χ0) is 8.97. The minimum absolute atomic E-state index is 0.0760. The van der Waals surface area contributed by atoms with Crippen LogP contribution in [0.4, 0.5) is 0 Å². The van der Waals surface area contributed by atoms with Gasteiger partial charge in [0.25, 0.3) is 0 Å². The van der Waals surface area contributed by atoms with Gasteiger partial charge in [-0.05, 0) is 0 Å². The van der Waals surface area contributed by atoms with Gasteiger partial charge in [0.15, 0.2) is 5.84 Å². The summed E-state index contributed by atoms with van der Waals surface area (Å²) < 4.78 is 0. The number of rotatable bonds is 2. The Balaban J connectivity index is 2.69. The van der Waals surface area contributed by atoms with Gasteiger partial charge in [0, 0.05) is 0 Å². The second kappa shape index (κ2) is 3.93. The lowest BCUT2D eigenvalue weighted by molar-refractivity contribution is -0.119. The number of amidine groups is 1. The molecule has 6 nitrogen and oxygen atoms in total. The molecule has 0 spiro atoms. The molecular formula is C6H10N4O2. The second-order valence-corrected chi connectivity index (χ2v) is 2.21. The lowest BCUT2D eigenvalue weighted by Gasteiger charge is -2.13. The van der Waals surface area contributed by atoms with E-state index in [0.717, 1.165) is 0 Å². The van der Waals surface area contributed by atoms with Gasteiger partial charge in [0.2, 0.25) is 5.91 Å². The number of nitrogens with one attached hydrogen (secondary N) is 1. The molecule has 0 aliphatic carbocycles. The van der Waals surface area contributed by atoms with Crippen molar-refractivity contribution < 1.29 is 9.90 Å². The predicted molar refractivity (Wildman–Crippen MR) is 44.0 cm³/mol. The number of amides is 1. The number of carbonyl (C=O) groups is 1. The Labute approximate surface area is 69.2 Å². The van der Waals surface area contributed by atoms with Crippen molar-refractivity contribution in [1.29, 1.82) is 0 Å². The molecule has 1 unspecified atom stereocenters. The van der Waals surface area contributed by atoms with Crippen LogP contribution in [0.15, 0.2) is 9.98 Å². The van der Waals surface area contributed by atoms with Crippen LogP contribution in [0.2, 0.25) is 0 Å². The van der Waals surface area contributed by atoms with Gasteiger partial charge in [-0.3, -0.25) is 9.79 Å².